The number of aromatic nitrogens is 1. The van der Waals surface area contributed by atoms with Gasteiger partial charge in [-0.3, -0.25) is 0 Å². The number of hydrogen-bond donors (Lipinski definition) is 2. The standard InChI is InChI=1S/C19H20N4S/c1-12-17-6-5-15(18-20-7-8-24-18)9-16(17)10-23(12)11-19(4)13(2)21-14(3)22-19/h5-9,21-22H,1-3,10-11H2,4H3. The van der Waals surface area contributed by atoms with Gasteiger partial charge in [-0.1, -0.05) is 31.9 Å². The van der Waals surface area contributed by atoms with Gasteiger partial charge < -0.3 is 15.5 Å². The van der Waals surface area contributed by atoms with E-state index in [1.54, 1.807) is 11.3 Å². The summed E-state index contributed by atoms with van der Waals surface area (Å²) in [5.74, 6) is 0.802. The lowest BCUT2D eigenvalue weighted by Crippen LogP contribution is -2.46. The Morgan fingerprint density at radius 1 is 1.33 bits per heavy atom. The highest BCUT2D eigenvalue weighted by Crippen LogP contribution is 2.36. The molecular weight excluding hydrogens is 316 g/mol. The third-order valence-electron chi connectivity index (χ3n) is 4.74. The van der Waals surface area contributed by atoms with Gasteiger partial charge in [0.05, 0.1) is 11.4 Å². The molecule has 2 N–H and O–H groups in total. The predicted octanol–water partition coefficient (Wildman–Crippen LogP) is 3.53. The van der Waals surface area contributed by atoms with Gasteiger partial charge in [-0.05, 0) is 18.6 Å². The minimum atomic E-state index is -0.250. The Balaban J connectivity index is 1.59. The first-order valence-electron chi connectivity index (χ1n) is 7.87. The van der Waals surface area contributed by atoms with E-state index in [2.05, 4.69) is 65.4 Å². The molecule has 2 aliphatic heterocycles. The van der Waals surface area contributed by atoms with Gasteiger partial charge in [0.2, 0.25) is 0 Å². The number of nitrogens with zero attached hydrogens (tertiary/aromatic N) is 2. The number of thiazole rings is 1. The van der Waals surface area contributed by atoms with E-state index >= 15 is 0 Å². The molecule has 1 aromatic carbocycles. The molecule has 122 valence electrons. The van der Waals surface area contributed by atoms with Crippen molar-refractivity contribution in [3.05, 3.63) is 72.2 Å². The van der Waals surface area contributed by atoms with Crippen LogP contribution >= 0.6 is 11.3 Å². The summed E-state index contributed by atoms with van der Waals surface area (Å²) in [6, 6.07) is 6.52. The van der Waals surface area contributed by atoms with Crippen molar-refractivity contribution in [2.45, 2.75) is 19.0 Å². The molecule has 1 fully saturated rings. The van der Waals surface area contributed by atoms with Crippen molar-refractivity contribution >= 4 is 17.0 Å². The van der Waals surface area contributed by atoms with Crippen LogP contribution in [0.3, 0.4) is 0 Å². The largest absolute Gasteiger partial charge is 0.364 e. The van der Waals surface area contributed by atoms with Crippen molar-refractivity contribution in [3.63, 3.8) is 0 Å². The van der Waals surface area contributed by atoms with Crippen molar-refractivity contribution in [1.29, 1.82) is 0 Å². The number of benzene rings is 1. The molecule has 2 aliphatic rings. The third-order valence-corrected chi connectivity index (χ3v) is 5.56. The molecule has 0 bridgehead atoms. The topological polar surface area (TPSA) is 40.2 Å². The fraction of sp³-hybridized carbons (Fsp3) is 0.211. The Hall–Kier alpha value is -2.53. The van der Waals surface area contributed by atoms with E-state index in [4.69, 9.17) is 0 Å². The lowest BCUT2D eigenvalue weighted by molar-refractivity contribution is 0.316. The van der Waals surface area contributed by atoms with E-state index in [1.165, 1.54) is 16.7 Å². The molecule has 3 heterocycles. The second kappa shape index (κ2) is 5.24. The minimum absolute atomic E-state index is 0.250. The van der Waals surface area contributed by atoms with Gasteiger partial charge >= 0.3 is 0 Å². The van der Waals surface area contributed by atoms with Crippen LogP contribution in [0.2, 0.25) is 0 Å². The van der Waals surface area contributed by atoms with Crippen LogP contribution < -0.4 is 10.6 Å². The number of rotatable bonds is 3. The lowest BCUT2D eigenvalue weighted by atomic mass is 9.99. The van der Waals surface area contributed by atoms with Crippen molar-refractivity contribution in [1.82, 2.24) is 20.5 Å². The highest BCUT2D eigenvalue weighted by atomic mass is 32.1. The summed E-state index contributed by atoms with van der Waals surface area (Å²) in [6.45, 7) is 16.1. The summed E-state index contributed by atoms with van der Waals surface area (Å²) in [7, 11) is 0. The van der Waals surface area contributed by atoms with E-state index in [1.807, 2.05) is 11.6 Å². The van der Waals surface area contributed by atoms with Crippen LogP contribution in [0.25, 0.3) is 16.3 Å². The summed E-state index contributed by atoms with van der Waals surface area (Å²) in [6.07, 6.45) is 1.84. The molecule has 0 saturated carbocycles. The monoisotopic (exact) mass is 336 g/mol. The lowest BCUT2D eigenvalue weighted by Gasteiger charge is -2.32. The molecule has 0 radical (unpaired) electrons. The molecular formula is C19H20N4S. The van der Waals surface area contributed by atoms with Gasteiger partial charge in [-0.15, -0.1) is 11.3 Å². The Bertz CT molecular complexity index is 852. The van der Waals surface area contributed by atoms with Crippen molar-refractivity contribution < 1.29 is 0 Å². The van der Waals surface area contributed by atoms with Crippen LogP contribution in [-0.4, -0.2) is 22.0 Å². The molecule has 4 nitrogen and oxygen atoms in total. The van der Waals surface area contributed by atoms with Crippen molar-refractivity contribution in [3.8, 4) is 10.6 Å². The molecule has 0 spiro atoms. The first-order valence-corrected chi connectivity index (χ1v) is 8.75. The van der Waals surface area contributed by atoms with Gasteiger partial charge in [0.25, 0.3) is 0 Å². The van der Waals surface area contributed by atoms with Gasteiger partial charge in [-0.2, -0.15) is 0 Å². The van der Waals surface area contributed by atoms with Crippen molar-refractivity contribution in [2.75, 3.05) is 6.54 Å². The number of fused-ring (bicyclic) bond motifs is 1. The highest BCUT2D eigenvalue weighted by molar-refractivity contribution is 7.13. The van der Waals surface area contributed by atoms with Crippen LogP contribution in [0.5, 0.6) is 0 Å². The van der Waals surface area contributed by atoms with E-state index in [9.17, 15) is 0 Å². The predicted molar refractivity (Wildman–Crippen MR) is 100.0 cm³/mol. The first kappa shape index (κ1) is 15.0. The summed E-state index contributed by atoms with van der Waals surface area (Å²) < 4.78 is 0. The average Bonchev–Trinajstić information content (AvgIpc) is 3.21. The highest BCUT2D eigenvalue weighted by Gasteiger charge is 2.38. The van der Waals surface area contributed by atoms with Gasteiger partial charge in [0, 0.05) is 47.2 Å². The molecule has 0 amide bonds. The Kier molecular flexibility index (Phi) is 3.28. The normalized spacial score (nSPS) is 22.5. The molecule has 4 rings (SSSR count). The molecule has 1 saturated heterocycles. The summed E-state index contributed by atoms with van der Waals surface area (Å²) in [5, 5.41) is 9.63. The Morgan fingerprint density at radius 2 is 2.17 bits per heavy atom. The van der Waals surface area contributed by atoms with Gasteiger partial charge in [0.15, 0.2) is 0 Å². The molecule has 2 aromatic rings. The maximum absolute atomic E-state index is 4.41. The number of nitrogens with one attached hydrogen (secondary N) is 2. The zero-order valence-corrected chi connectivity index (χ0v) is 14.5. The third kappa shape index (κ3) is 2.32. The maximum Gasteiger partial charge on any atom is 0.123 e. The Labute approximate surface area is 146 Å². The first-order chi connectivity index (χ1) is 11.5. The van der Waals surface area contributed by atoms with Crippen LogP contribution in [0, 0.1) is 0 Å². The molecule has 24 heavy (non-hydrogen) atoms. The molecule has 1 unspecified atom stereocenters. The fourth-order valence-electron chi connectivity index (χ4n) is 3.40. The van der Waals surface area contributed by atoms with E-state index < -0.39 is 0 Å². The van der Waals surface area contributed by atoms with Crippen LogP contribution in [0.15, 0.2) is 61.0 Å². The SMILES string of the molecule is C=C1NC(=C)C(C)(CN2Cc3cc(-c4nccs4)ccc3C2=C)N1. The van der Waals surface area contributed by atoms with Gasteiger partial charge in [-0.25, -0.2) is 4.98 Å². The average molecular weight is 336 g/mol. The van der Waals surface area contributed by atoms with Crippen molar-refractivity contribution in [2.24, 2.45) is 0 Å². The second-order valence-corrected chi connectivity index (χ2v) is 7.45. The zero-order valence-electron chi connectivity index (χ0n) is 13.7. The minimum Gasteiger partial charge on any atom is -0.364 e. The van der Waals surface area contributed by atoms with Crippen LogP contribution in [0.4, 0.5) is 0 Å². The fourth-order valence-corrected chi connectivity index (χ4v) is 4.04. The van der Waals surface area contributed by atoms with Gasteiger partial charge in [0.1, 0.15) is 5.01 Å². The van der Waals surface area contributed by atoms with Crippen LogP contribution in [-0.2, 0) is 6.54 Å². The summed E-state index contributed by atoms with van der Waals surface area (Å²) in [5.41, 5.74) is 5.44. The van der Waals surface area contributed by atoms with E-state index in [-0.39, 0.29) is 5.54 Å². The molecule has 0 aliphatic carbocycles. The quantitative estimate of drug-likeness (QED) is 0.899. The van der Waals surface area contributed by atoms with E-state index in [0.29, 0.717) is 0 Å². The van der Waals surface area contributed by atoms with E-state index in [0.717, 1.165) is 35.3 Å². The molecule has 5 heteroatoms. The molecule has 1 atom stereocenters. The molecule has 1 aromatic heterocycles. The number of hydrogen-bond acceptors (Lipinski definition) is 5. The maximum atomic E-state index is 4.41. The zero-order chi connectivity index (χ0) is 16.9. The summed E-state index contributed by atoms with van der Waals surface area (Å²) in [4.78, 5) is 6.71. The van der Waals surface area contributed by atoms with Crippen LogP contribution in [0.1, 0.15) is 18.1 Å². The smallest absolute Gasteiger partial charge is 0.123 e. The Morgan fingerprint density at radius 3 is 2.83 bits per heavy atom. The second-order valence-electron chi connectivity index (χ2n) is 6.55. The summed E-state index contributed by atoms with van der Waals surface area (Å²) >= 11 is 1.66.